The van der Waals surface area contributed by atoms with Crippen LogP contribution in [-0.4, -0.2) is 25.5 Å². The minimum Gasteiger partial charge on any atom is -0.325 e. The van der Waals surface area contributed by atoms with Gasteiger partial charge in [-0.3, -0.25) is 0 Å². The fourth-order valence-corrected chi connectivity index (χ4v) is 4.66. The standard InChI is InChI=1S/C14H29NO2S/c1-5-18(16,17)8-6-7-14(15)10-12(2)9-13(3,4)11-14/h12H,5-11,15H2,1-4H3. The topological polar surface area (TPSA) is 60.2 Å². The van der Waals surface area contributed by atoms with Gasteiger partial charge < -0.3 is 5.73 Å². The molecule has 0 bridgehead atoms. The van der Waals surface area contributed by atoms with Gasteiger partial charge in [0.15, 0.2) is 0 Å². The Hall–Kier alpha value is -0.0900. The summed E-state index contributed by atoms with van der Waals surface area (Å²) in [5, 5.41) is 0. The average molecular weight is 275 g/mol. The number of rotatable bonds is 5. The molecule has 2 atom stereocenters. The molecule has 1 aliphatic carbocycles. The third-order valence-corrected chi connectivity index (χ3v) is 5.85. The summed E-state index contributed by atoms with van der Waals surface area (Å²) in [6, 6.07) is 0. The molecule has 4 heteroatoms. The first-order valence-corrected chi connectivity index (χ1v) is 8.89. The van der Waals surface area contributed by atoms with Crippen molar-refractivity contribution in [1.82, 2.24) is 0 Å². The molecule has 0 aromatic heterocycles. The van der Waals surface area contributed by atoms with Crippen molar-refractivity contribution in [1.29, 1.82) is 0 Å². The first kappa shape index (κ1) is 16.0. The highest BCUT2D eigenvalue weighted by atomic mass is 32.2. The Morgan fingerprint density at radius 1 is 1.28 bits per heavy atom. The molecule has 18 heavy (non-hydrogen) atoms. The molecule has 2 unspecified atom stereocenters. The molecule has 0 amide bonds. The molecule has 0 aromatic carbocycles. The normalized spacial score (nSPS) is 32.4. The van der Waals surface area contributed by atoms with Crippen molar-refractivity contribution in [2.45, 2.75) is 65.3 Å². The summed E-state index contributed by atoms with van der Waals surface area (Å²) < 4.78 is 23.0. The lowest BCUT2D eigenvalue weighted by Gasteiger charge is -2.45. The fourth-order valence-electron chi connectivity index (χ4n) is 3.79. The van der Waals surface area contributed by atoms with Gasteiger partial charge in [-0.05, 0) is 43.4 Å². The van der Waals surface area contributed by atoms with Gasteiger partial charge in [0.25, 0.3) is 0 Å². The molecule has 3 nitrogen and oxygen atoms in total. The molecule has 0 radical (unpaired) electrons. The first-order valence-electron chi connectivity index (χ1n) is 7.07. The van der Waals surface area contributed by atoms with Crippen molar-refractivity contribution in [3.63, 3.8) is 0 Å². The van der Waals surface area contributed by atoms with E-state index in [0.717, 1.165) is 19.3 Å². The quantitative estimate of drug-likeness (QED) is 0.839. The van der Waals surface area contributed by atoms with Crippen LogP contribution >= 0.6 is 0 Å². The van der Waals surface area contributed by atoms with E-state index in [2.05, 4.69) is 20.8 Å². The van der Waals surface area contributed by atoms with Gasteiger partial charge in [-0.1, -0.05) is 27.7 Å². The highest BCUT2D eigenvalue weighted by molar-refractivity contribution is 7.91. The van der Waals surface area contributed by atoms with Crippen molar-refractivity contribution in [2.24, 2.45) is 17.1 Å². The lowest BCUT2D eigenvalue weighted by molar-refractivity contribution is 0.102. The van der Waals surface area contributed by atoms with Crippen LogP contribution in [0.25, 0.3) is 0 Å². The second-order valence-electron chi connectivity index (χ2n) is 7.06. The predicted molar refractivity (Wildman–Crippen MR) is 77.3 cm³/mol. The molecular weight excluding hydrogens is 246 g/mol. The van der Waals surface area contributed by atoms with Gasteiger partial charge in [0.1, 0.15) is 9.84 Å². The van der Waals surface area contributed by atoms with Crippen LogP contribution in [0.1, 0.15) is 59.8 Å². The number of hydrogen-bond donors (Lipinski definition) is 1. The Bertz CT molecular complexity index is 375. The first-order chi connectivity index (χ1) is 8.08. The van der Waals surface area contributed by atoms with E-state index in [1.807, 2.05) is 0 Å². The Balaban J connectivity index is 2.54. The van der Waals surface area contributed by atoms with Crippen LogP contribution in [0.3, 0.4) is 0 Å². The molecule has 1 aliphatic rings. The van der Waals surface area contributed by atoms with E-state index in [0.29, 0.717) is 12.3 Å². The summed E-state index contributed by atoms with van der Waals surface area (Å²) in [6.45, 7) is 8.50. The third kappa shape index (κ3) is 4.88. The Morgan fingerprint density at radius 2 is 1.89 bits per heavy atom. The maximum atomic E-state index is 11.5. The molecule has 2 N–H and O–H groups in total. The van der Waals surface area contributed by atoms with Crippen molar-refractivity contribution < 1.29 is 8.42 Å². The molecule has 1 rings (SSSR count). The van der Waals surface area contributed by atoms with Gasteiger partial charge in [0.2, 0.25) is 0 Å². The van der Waals surface area contributed by atoms with E-state index in [4.69, 9.17) is 5.73 Å². The predicted octanol–water partition coefficient (Wildman–Crippen LogP) is 2.75. The summed E-state index contributed by atoms with van der Waals surface area (Å²) in [6.07, 6.45) is 4.80. The highest BCUT2D eigenvalue weighted by Gasteiger charge is 2.39. The molecule has 0 saturated heterocycles. The molecule has 108 valence electrons. The summed E-state index contributed by atoms with van der Waals surface area (Å²) in [5.74, 6) is 1.17. The lowest BCUT2D eigenvalue weighted by atomic mass is 9.63. The number of sulfone groups is 1. The maximum absolute atomic E-state index is 11.5. The van der Waals surface area contributed by atoms with Gasteiger partial charge in [-0.25, -0.2) is 8.42 Å². The van der Waals surface area contributed by atoms with Crippen LogP contribution < -0.4 is 5.73 Å². The summed E-state index contributed by atoms with van der Waals surface area (Å²) in [5.41, 5.74) is 6.63. The van der Waals surface area contributed by atoms with Crippen LogP contribution in [0.5, 0.6) is 0 Å². The summed E-state index contributed by atoms with van der Waals surface area (Å²) >= 11 is 0. The van der Waals surface area contributed by atoms with Crippen LogP contribution in [0.2, 0.25) is 0 Å². The zero-order valence-electron chi connectivity index (χ0n) is 12.3. The number of nitrogens with two attached hydrogens (primary N) is 1. The zero-order valence-corrected chi connectivity index (χ0v) is 13.1. The Labute approximate surface area is 112 Å². The van der Waals surface area contributed by atoms with Crippen LogP contribution in [0.15, 0.2) is 0 Å². The van der Waals surface area contributed by atoms with Gasteiger partial charge in [-0.15, -0.1) is 0 Å². The average Bonchev–Trinajstić information content (AvgIpc) is 2.12. The van der Waals surface area contributed by atoms with E-state index in [1.54, 1.807) is 6.92 Å². The minimum absolute atomic E-state index is 0.162. The summed E-state index contributed by atoms with van der Waals surface area (Å²) in [4.78, 5) is 0. The van der Waals surface area contributed by atoms with Crippen molar-refractivity contribution in [3.05, 3.63) is 0 Å². The van der Waals surface area contributed by atoms with Crippen LogP contribution in [-0.2, 0) is 9.84 Å². The molecular formula is C14H29NO2S. The zero-order chi connectivity index (χ0) is 14.0. The SMILES string of the molecule is CCS(=O)(=O)CCCC1(N)CC(C)CC(C)(C)C1. The Morgan fingerprint density at radius 3 is 2.39 bits per heavy atom. The van der Waals surface area contributed by atoms with Crippen molar-refractivity contribution in [2.75, 3.05) is 11.5 Å². The van der Waals surface area contributed by atoms with E-state index in [9.17, 15) is 8.42 Å². The van der Waals surface area contributed by atoms with E-state index in [-0.39, 0.29) is 22.5 Å². The molecule has 1 fully saturated rings. The Kier molecular flexibility index (Phi) is 4.87. The molecule has 0 aromatic rings. The fraction of sp³-hybridized carbons (Fsp3) is 1.00. The summed E-state index contributed by atoms with van der Waals surface area (Å²) in [7, 11) is -2.84. The van der Waals surface area contributed by atoms with Crippen LogP contribution in [0.4, 0.5) is 0 Å². The second kappa shape index (κ2) is 5.49. The molecule has 1 saturated carbocycles. The smallest absolute Gasteiger partial charge is 0.150 e. The molecule has 0 aliphatic heterocycles. The monoisotopic (exact) mass is 275 g/mol. The van der Waals surface area contributed by atoms with Crippen molar-refractivity contribution >= 4 is 9.84 Å². The maximum Gasteiger partial charge on any atom is 0.150 e. The van der Waals surface area contributed by atoms with Gasteiger partial charge in [-0.2, -0.15) is 0 Å². The third-order valence-electron chi connectivity index (χ3n) is 4.06. The second-order valence-corrected chi connectivity index (χ2v) is 9.53. The van der Waals surface area contributed by atoms with Crippen molar-refractivity contribution in [3.8, 4) is 0 Å². The van der Waals surface area contributed by atoms with E-state index >= 15 is 0 Å². The highest BCUT2D eigenvalue weighted by Crippen LogP contribution is 2.44. The minimum atomic E-state index is -2.84. The van der Waals surface area contributed by atoms with E-state index in [1.165, 1.54) is 6.42 Å². The largest absolute Gasteiger partial charge is 0.325 e. The van der Waals surface area contributed by atoms with Gasteiger partial charge in [0.05, 0.1) is 5.75 Å². The van der Waals surface area contributed by atoms with E-state index < -0.39 is 9.84 Å². The van der Waals surface area contributed by atoms with Gasteiger partial charge >= 0.3 is 0 Å². The lowest BCUT2D eigenvalue weighted by Crippen LogP contribution is -2.49. The van der Waals surface area contributed by atoms with Gasteiger partial charge in [0, 0.05) is 11.3 Å². The molecule has 0 spiro atoms. The molecule has 0 heterocycles. The van der Waals surface area contributed by atoms with Crippen LogP contribution in [0, 0.1) is 11.3 Å². The number of hydrogen-bond acceptors (Lipinski definition) is 3.